The third kappa shape index (κ3) is 4.93. The van der Waals surface area contributed by atoms with Gasteiger partial charge in [-0.3, -0.25) is 9.59 Å². The molecule has 0 aliphatic rings. The molecule has 0 aliphatic carbocycles. The number of hydrogen-bond acceptors (Lipinski definition) is 4. The van der Waals surface area contributed by atoms with Crippen LogP contribution in [0, 0.1) is 5.92 Å². The fraction of sp³-hybridized carbons (Fsp3) is 0.467. The lowest BCUT2D eigenvalue weighted by atomic mass is 10.1. The molecule has 0 aromatic heterocycles. The van der Waals surface area contributed by atoms with Gasteiger partial charge in [-0.25, -0.2) is 0 Å². The lowest BCUT2D eigenvalue weighted by Crippen LogP contribution is -2.39. The monoisotopic (exact) mass is 312 g/mol. The maximum atomic E-state index is 12.6. The molecule has 6 heteroatoms. The van der Waals surface area contributed by atoms with E-state index >= 15 is 0 Å². The number of anilines is 1. The van der Waals surface area contributed by atoms with Crippen LogP contribution in [-0.4, -0.2) is 36.5 Å². The second kappa shape index (κ2) is 7.88. The minimum absolute atomic E-state index is 0.116. The standard InChI is InChI=1S/C15H21ClN2O3/c1-4-21-13(19)9-18(8-10(2)3)15(20)14-11(16)6-5-7-12(14)17/h5-7,10H,4,8-9,17H2,1-3H3. The summed E-state index contributed by atoms with van der Waals surface area (Å²) in [5.41, 5.74) is 6.35. The Labute approximate surface area is 130 Å². The van der Waals surface area contributed by atoms with Gasteiger partial charge in [-0.15, -0.1) is 0 Å². The summed E-state index contributed by atoms with van der Waals surface area (Å²) in [6.07, 6.45) is 0. The minimum atomic E-state index is -0.447. The van der Waals surface area contributed by atoms with Crippen molar-refractivity contribution >= 4 is 29.2 Å². The first-order valence-electron chi connectivity index (χ1n) is 6.85. The zero-order valence-corrected chi connectivity index (χ0v) is 13.3. The molecule has 1 aromatic carbocycles. The fourth-order valence-corrected chi connectivity index (χ4v) is 2.21. The van der Waals surface area contributed by atoms with Crippen molar-refractivity contribution < 1.29 is 14.3 Å². The summed E-state index contributed by atoms with van der Waals surface area (Å²) in [5.74, 6) is -0.607. The first-order chi connectivity index (χ1) is 9.86. The van der Waals surface area contributed by atoms with Crippen LogP contribution < -0.4 is 5.73 Å². The molecule has 1 aromatic rings. The Balaban J connectivity index is 3.02. The van der Waals surface area contributed by atoms with Gasteiger partial charge in [0.05, 0.1) is 17.2 Å². The van der Waals surface area contributed by atoms with Crippen molar-refractivity contribution in [1.29, 1.82) is 0 Å². The van der Waals surface area contributed by atoms with Gasteiger partial charge in [-0.1, -0.05) is 31.5 Å². The highest BCUT2D eigenvalue weighted by Gasteiger charge is 2.24. The Bertz CT molecular complexity index is 497. The van der Waals surface area contributed by atoms with Crippen LogP contribution in [0.3, 0.4) is 0 Å². The van der Waals surface area contributed by atoms with Gasteiger partial charge in [-0.2, -0.15) is 0 Å². The van der Waals surface area contributed by atoms with Crippen molar-refractivity contribution in [3.05, 3.63) is 28.8 Å². The number of nitrogen functional groups attached to an aromatic ring is 1. The molecule has 0 heterocycles. The molecular weight excluding hydrogens is 292 g/mol. The SMILES string of the molecule is CCOC(=O)CN(CC(C)C)C(=O)c1c(N)cccc1Cl. The van der Waals surface area contributed by atoms with E-state index in [4.69, 9.17) is 22.1 Å². The van der Waals surface area contributed by atoms with E-state index in [2.05, 4.69) is 0 Å². The van der Waals surface area contributed by atoms with Crippen LogP contribution in [-0.2, 0) is 9.53 Å². The highest BCUT2D eigenvalue weighted by atomic mass is 35.5. The number of carbonyl (C=O) groups excluding carboxylic acids is 2. The molecule has 0 fully saturated rings. The maximum absolute atomic E-state index is 12.6. The smallest absolute Gasteiger partial charge is 0.325 e. The molecule has 21 heavy (non-hydrogen) atoms. The Morgan fingerprint density at radius 1 is 1.38 bits per heavy atom. The van der Waals surface area contributed by atoms with Gasteiger partial charge >= 0.3 is 5.97 Å². The van der Waals surface area contributed by atoms with Gasteiger partial charge in [0, 0.05) is 12.2 Å². The zero-order chi connectivity index (χ0) is 16.0. The van der Waals surface area contributed by atoms with Crippen LogP contribution in [0.5, 0.6) is 0 Å². The van der Waals surface area contributed by atoms with E-state index in [1.165, 1.54) is 4.90 Å². The predicted octanol–water partition coefficient (Wildman–Crippen LogP) is 2.58. The molecule has 0 aliphatic heterocycles. The van der Waals surface area contributed by atoms with Crippen LogP contribution in [0.1, 0.15) is 31.1 Å². The summed E-state index contributed by atoms with van der Waals surface area (Å²) >= 11 is 6.06. The number of benzene rings is 1. The first-order valence-corrected chi connectivity index (χ1v) is 7.23. The van der Waals surface area contributed by atoms with Crippen molar-refractivity contribution in [2.24, 2.45) is 5.92 Å². The molecule has 116 valence electrons. The van der Waals surface area contributed by atoms with Gasteiger partial charge in [0.25, 0.3) is 5.91 Å². The molecule has 0 saturated heterocycles. The number of esters is 1. The lowest BCUT2D eigenvalue weighted by molar-refractivity contribution is -0.143. The summed E-state index contributed by atoms with van der Waals surface area (Å²) in [6, 6.07) is 4.88. The van der Waals surface area contributed by atoms with Crippen molar-refractivity contribution in [2.45, 2.75) is 20.8 Å². The molecule has 1 rings (SSSR count). The summed E-state index contributed by atoms with van der Waals surface area (Å²) in [5, 5.41) is 0.276. The van der Waals surface area contributed by atoms with Crippen molar-refractivity contribution in [3.63, 3.8) is 0 Å². The molecule has 0 unspecified atom stereocenters. The van der Waals surface area contributed by atoms with Crippen molar-refractivity contribution in [3.8, 4) is 0 Å². The molecule has 2 N–H and O–H groups in total. The summed E-state index contributed by atoms with van der Waals surface area (Å²) < 4.78 is 4.90. The third-order valence-electron chi connectivity index (χ3n) is 2.76. The molecule has 0 saturated carbocycles. The third-order valence-corrected chi connectivity index (χ3v) is 3.07. The molecule has 0 radical (unpaired) electrons. The molecule has 1 amide bonds. The number of nitrogens with zero attached hydrogens (tertiary/aromatic N) is 1. The van der Waals surface area contributed by atoms with Gasteiger partial charge in [0.1, 0.15) is 6.54 Å². The van der Waals surface area contributed by atoms with Crippen LogP contribution in [0.4, 0.5) is 5.69 Å². The van der Waals surface area contributed by atoms with Gasteiger partial charge in [0.2, 0.25) is 0 Å². The number of hydrogen-bond donors (Lipinski definition) is 1. The average molecular weight is 313 g/mol. The summed E-state index contributed by atoms with van der Waals surface area (Å²) in [6.45, 7) is 6.22. The normalized spacial score (nSPS) is 10.5. The Hall–Kier alpha value is -1.75. The number of ether oxygens (including phenoxy) is 1. The van der Waals surface area contributed by atoms with E-state index in [1.807, 2.05) is 13.8 Å². The number of rotatable bonds is 6. The predicted molar refractivity (Wildman–Crippen MR) is 83.2 cm³/mol. The van der Waals surface area contributed by atoms with Crippen LogP contribution in [0.25, 0.3) is 0 Å². The number of nitrogens with two attached hydrogens (primary N) is 1. The quantitative estimate of drug-likeness (QED) is 0.647. The van der Waals surface area contributed by atoms with E-state index in [9.17, 15) is 9.59 Å². The molecule has 0 spiro atoms. The van der Waals surface area contributed by atoms with E-state index in [0.29, 0.717) is 12.2 Å². The lowest BCUT2D eigenvalue weighted by Gasteiger charge is -2.24. The van der Waals surface area contributed by atoms with Crippen molar-refractivity contribution in [1.82, 2.24) is 4.90 Å². The van der Waals surface area contributed by atoms with Crippen LogP contribution in [0.15, 0.2) is 18.2 Å². The Morgan fingerprint density at radius 3 is 2.57 bits per heavy atom. The Morgan fingerprint density at radius 2 is 2.05 bits per heavy atom. The summed E-state index contributed by atoms with van der Waals surface area (Å²) in [4.78, 5) is 25.7. The molecule has 0 bridgehead atoms. The minimum Gasteiger partial charge on any atom is -0.465 e. The van der Waals surface area contributed by atoms with Crippen LogP contribution >= 0.6 is 11.6 Å². The second-order valence-electron chi connectivity index (χ2n) is 5.09. The molecule has 5 nitrogen and oxygen atoms in total. The maximum Gasteiger partial charge on any atom is 0.325 e. The number of halogens is 1. The second-order valence-corrected chi connectivity index (χ2v) is 5.50. The van der Waals surface area contributed by atoms with E-state index in [0.717, 1.165) is 0 Å². The summed E-state index contributed by atoms with van der Waals surface area (Å²) in [7, 11) is 0. The average Bonchev–Trinajstić information content (AvgIpc) is 2.37. The number of amides is 1. The van der Waals surface area contributed by atoms with E-state index in [-0.39, 0.29) is 35.6 Å². The molecular formula is C15H21ClN2O3. The van der Waals surface area contributed by atoms with Gasteiger partial charge < -0.3 is 15.4 Å². The molecule has 0 atom stereocenters. The van der Waals surface area contributed by atoms with E-state index < -0.39 is 5.97 Å². The van der Waals surface area contributed by atoms with Crippen LogP contribution in [0.2, 0.25) is 5.02 Å². The zero-order valence-electron chi connectivity index (χ0n) is 12.6. The number of carbonyl (C=O) groups is 2. The Kier molecular flexibility index (Phi) is 6.49. The van der Waals surface area contributed by atoms with Crippen molar-refractivity contribution in [2.75, 3.05) is 25.4 Å². The fourth-order valence-electron chi connectivity index (χ4n) is 1.95. The van der Waals surface area contributed by atoms with Gasteiger partial charge in [0.15, 0.2) is 0 Å². The van der Waals surface area contributed by atoms with E-state index in [1.54, 1.807) is 25.1 Å². The topological polar surface area (TPSA) is 72.6 Å². The largest absolute Gasteiger partial charge is 0.465 e. The van der Waals surface area contributed by atoms with Gasteiger partial charge in [-0.05, 0) is 25.0 Å². The highest BCUT2D eigenvalue weighted by molar-refractivity contribution is 6.34. The highest BCUT2D eigenvalue weighted by Crippen LogP contribution is 2.24. The first kappa shape index (κ1) is 17.3.